The molecule has 3 aliphatic carbocycles. The smallest absolute Gasteiger partial charge is 0.228 e. The number of anilines is 1. The quantitative estimate of drug-likeness (QED) is 0.698. The van der Waals surface area contributed by atoms with Crippen LogP contribution in [0.3, 0.4) is 0 Å². The second-order valence-electron chi connectivity index (χ2n) is 7.08. The number of rotatable bonds is 2. The average Bonchev–Trinajstić information content (AvgIpc) is 3.28. The number of fused-ring (bicyclic) bond motifs is 5. The second kappa shape index (κ2) is 4.82. The Morgan fingerprint density at radius 2 is 1.83 bits per heavy atom. The van der Waals surface area contributed by atoms with Gasteiger partial charge in [-0.25, -0.2) is 0 Å². The topological polar surface area (TPSA) is 29.1 Å². The number of hydrogen-bond acceptors (Lipinski definition) is 1. The zero-order chi connectivity index (χ0) is 15.4. The van der Waals surface area contributed by atoms with Gasteiger partial charge in [0.2, 0.25) is 5.91 Å². The van der Waals surface area contributed by atoms with Crippen LogP contribution in [0.25, 0.3) is 11.1 Å². The van der Waals surface area contributed by atoms with Gasteiger partial charge >= 0.3 is 0 Å². The van der Waals surface area contributed by atoms with Crippen molar-refractivity contribution in [1.82, 2.24) is 0 Å². The van der Waals surface area contributed by atoms with Crippen molar-refractivity contribution < 1.29 is 4.79 Å². The molecular formula is C21H19NO. The van der Waals surface area contributed by atoms with Crippen molar-refractivity contribution >= 4 is 11.6 Å². The summed E-state index contributed by atoms with van der Waals surface area (Å²) in [5.41, 5.74) is 6.24. The van der Waals surface area contributed by atoms with Gasteiger partial charge in [0.1, 0.15) is 0 Å². The van der Waals surface area contributed by atoms with Crippen molar-refractivity contribution in [1.29, 1.82) is 0 Å². The molecule has 5 rings (SSSR count). The van der Waals surface area contributed by atoms with Crippen LogP contribution in [-0.4, -0.2) is 5.91 Å². The Bertz CT molecular complexity index is 835. The first-order valence-electron chi connectivity index (χ1n) is 8.48. The zero-order valence-electron chi connectivity index (χ0n) is 13.0. The molecule has 2 aromatic rings. The van der Waals surface area contributed by atoms with Gasteiger partial charge in [0.15, 0.2) is 0 Å². The summed E-state index contributed by atoms with van der Waals surface area (Å²) in [6, 6.07) is 14.9. The molecule has 0 aliphatic heterocycles. The second-order valence-corrected chi connectivity index (χ2v) is 7.08. The number of benzene rings is 2. The van der Waals surface area contributed by atoms with Gasteiger partial charge < -0.3 is 5.32 Å². The third-order valence-corrected chi connectivity index (χ3v) is 5.68. The fourth-order valence-electron chi connectivity index (χ4n) is 4.52. The van der Waals surface area contributed by atoms with Crippen LogP contribution in [0.5, 0.6) is 0 Å². The van der Waals surface area contributed by atoms with E-state index >= 15 is 0 Å². The van der Waals surface area contributed by atoms with E-state index in [4.69, 9.17) is 0 Å². The Hall–Kier alpha value is -2.35. The maximum Gasteiger partial charge on any atom is 0.228 e. The van der Waals surface area contributed by atoms with Gasteiger partial charge in [0.25, 0.3) is 0 Å². The first-order valence-corrected chi connectivity index (χ1v) is 8.48. The number of amides is 1. The van der Waals surface area contributed by atoms with Crippen molar-refractivity contribution in [2.24, 2.45) is 17.8 Å². The van der Waals surface area contributed by atoms with Crippen LogP contribution < -0.4 is 5.32 Å². The summed E-state index contributed by atoms with van der Waals surface area (Å²) in [7, 11) is 0. The molecule has 1 saturated carbocycles. The largest absolute Gasteiger partial charge is 0.326 e. The van der Waals surface area contributed by atoms with Gasteiger partial charge in [-0.1, -0.05) is 42.5 Å². The number of hydrogen-bond donors (Lipinski definition) is 1. The molecule has 114 valence electrons. The first-order chi connectivity index (χ1) is 11.3. The maximum atomic E-state index is 12.6. The third-order valence-electron chi connectivity index (χ3n) is 5.68. The van der Waals surface area contributed by atoms with Crippen molar-refractivity contribution in [3.8, 4) is 11.1 Å². The summed E-state index contributed by atoms with van der Waals surface area (Å²) >= 11 is 0. The normalized spacial score (nSPS) is 26.2. The van der Waals surface area contributed by atoms with E-state index in [2.05, 4.69) is 53.9 Å². The van der Waals surface area contributed by atoms with Gasteiger partial charge in [0.05, 0.1) is 0 Å². The molecule has 0 spiro atoms. The Morgan fingerprint density at radius 1 is 0.957 bits per heavy atom. The highest BCUT2D eigenvalue weighted by molar-refractivity contribution is 5.94. The molecule has 3 atom stereocenters. The van der Waals surface area contributed by atoms with Crippen LogP contribution in [0.4, 0.5) is 5.69 Å². The molecule has 3 aliphatic rings. The fraction of sp³-hybridized carbons (Fsp3) is 0.286. The molecule has 2 aromatic carbocycles. The first kappa shape index (κ1) is 13.1. The van der Waals surface area contributed by atoms with Crippen molar-refractivity contribution in [3.63, 3.8) is 0 Å². The Labute approximate surface area is 136 Å². The van der Waals surface area contributed by atoms with Gasteiger partial charge in [-0.05, 0) is 65.5 Å². The van der Waals surface area contributed by atoms with Crippen LogP contribution in [0.1, 0.15) is 24.0 Å². The van der Waals surface area contributed by atoms with Gasteiger partial charge in [0, 0.05) is 11.6 Å². The molecule has 0 heterocycles. The molecule has 0 saturated heterocycles. The summed E-state index contributed by atoms with van der Waals surface area (Å²) in [5, 5.41) is 3.16. The van der Waals surface area contributed by atoms with Crippen LogP contribution >= 0.6 is 0 Å². The van der Waals surface area contributed by atoms with Gasteiger partial charge in [-0.15, -0.1) is 0 Å². The lowest BCUT2D eigenvalue weighted by Crippen LogP contribution is -2.25. The summed E-state index contributed by atoms with van der Waals surface area (Å²) in [5.74, 6) is 1.43. The summed E-state index contributed by atoms with van der Waals surface area (Å²) in [6.45, 7) is 0. The molecule has 23 heavy (non-hydrogen) atoms. The summed E-state index contributed by atoms with van der Waals surface area (Å²) < 4.78 is 0. The maximum absolute atomic E-state index is 12.6. The lowest BCUT2D eigenvalue weighted by Gasteiger charge is -2.18. The predicted octanol–water partition coefficient (Wildman–Crippen LogP) is 4.41. The minimum Gasteiger partial charge on any atom is -0.326 e. The van der Waals surface area contributed by atoms with Crippen molar-refractivity contribution in [2.45, 2.75) is 19.3 Å². The Morgan fingerprint density at radius 3 is 2.65 bits per heavy atom. The summed E-state index contributed by atoms with van der Waals surface area (Å²) in [6.07, 6.45) is 7.69. The average molecular weight is 301 g/mol. The number of allylic oxidation sites excluding steroid dienone is 2. The van der Waals surface area contributed by atoms with Crippen LogP contribution in [0, 0.1) is 17.8 Å². The minimum absolute atomic E-state index is 0.158. The van der Waals surface area contributed by atoms with Crippen LogP contribution in [0.15, 0.2) is 54.6 Å². The van der Waals surface area contributed by atoms with E-state index in [1.54, 1.807) is 0 Å². The van der Waals surface area contributed by atoms with Gasteiger partial charge in [-0.2, -0.15) is 0 Å². The molecular weight excluding hydrogens is 282 g/mol. The number of nitrogens with one attached hydrogen (secondary N) is 1. The number of carbonyl (C=O) groups excluding carboxylic acids is 1. The lowest BCUT2D eigenvalue weighted by atomic mass is 9.92. The molecule has 1 amide bonds. The highest BCUT2D eigenvalue weighted by atomic mass is 16.1. The predicted molar refractivity (Wildman–Crippen MR) is 92.2 cm³/mol. The molecule has 1 fully saturated rings. The number of carbonyl (C=O) groups is 1. The van der Waals surface area contributed by atoms with Crippen LogP contribution in [0.2, 0.25) is 0 Å². The SMILES string of the molecule is O=C(Nc1ccc2c(c1)-c1ccccc1C2)C1CC2C=CC1C2. The molecule has 2 heteroatoms. The molecule has 2 nitrogen and oxygen atoms in total. The molecule has 3 unspecified atom stereocenters. The van der Waals surface area contributed by atoms with Crippen LogP contribution in [-0.2, 0) is 11.2 Å². The van der Waals surface area contributed by atoms with Crippen molar-refractivity contribution in [3.05, 3.63) is 65.7 Å². The van der Waals surface area contributed by atoms with E-state index in [0.29, 0.717) is 11.8 Å². The molecule has 1 N–H and O–H groups in total. The highest BCUT2D eigenvalue weighted by Crippen LogP contribution is 2.44. The third kappa shape index (κ3) is 2.05. The van der Waals surface area contributed by atoms with E-state index < -0.39 is 0 Å². The van der Waals surface area contributed by atoms with Crippen molar-refractivity contribution in [2.75, 3.05) is 5.32 Å². The lowest BCUT2D eigenvalue weighted by molar-refractivity contribution is -0.120. The monoisotopic (exact) mass is 301 g/mol. The van der Waals surface area contributed by atoms with E-state index in [1.807, 2.05) is 6.07 Å². The molecule has 0 aromatic heterocycles. The zero-order valence-corrected chi connectivity index (χ0v) is 13.0. The van der Waals surface area contributed by atoms with E-state index in [0.717, 1.165) is 24.9 Å². The minimum atomic E-state index is 0.158. The highest BCUT2D eigenvalue weighted by Gasteiger charge is 2.39. The Balaban J connectivity index is 1.41. The standard InChI is InChI=1S/C21H19NO/c23-21(20-10-13-5-6-15(20)9-13)22-17-8-7-16-11-14-3-1-2-4-18(14)19(16)12-17/h1-8,12-13,15,20H,9-11H2,(H,22,23). The molecule has 2 bridgehead atoms. The fourth-order valence-corrected chi connectivity index (χ4v) is 4.52. The van der Waals surface area contributed by atoms with E-state index in [-0.39, 0.29) is 11.8 Å². The van der Waals surface area contributed by atoms with E-state index in [1.165, 1.54) is 22.3 Å². The summed E-state index contributed by atoms with van der Waals surface area (Å²) in [4.78, 5) is 12.6. The Kier molecular flexibility index (Phi) is 2.75. The van der Waals surface area contributed by atoms with Gasteiger partial charge in [-0.3, -0.25) is 4.79 Å². The van der Waals surface area contributed by atoms with E-state index in [9.17, 15) is 4.79 Å². The molecule has 0 radical (unpaired) electrons.